The molecular formula is C45H50F5N3O7. The van der Waals surface area contributed by atoms with Gasteiger partial charge in [0.1, 0.15) is 24.2 Å². The number of carboxylic acid groups (broad SMARTS) is 1. The molecule has 2 fully saturated rings. The van der Waals surface area contributed by atoms with Crippen molar-refractivity contribution in [1.29, 1.82) is 0 Å². The molecule has 0 aromatic heterocycles. The third-order valence-corrected chi connectivity index (χ3v) is 9.77. The second kappa shape index (κ2) is 22.8. The molecule has 60 heavy (non-hydrogen) atoms. The molecule has 4 aromatic rings. The van der Waals surface area contributed by atoms with Crippen molar-refractivity contribution < 1.29 is 55.7 Å². The van der Waals surface area contributed by atoms with Crippen molar-refractivity contribution in [2.75, 3.05) is 24.8 Å². The first-order valence-corrected chi connectivity index (χ1v) is 19.1. The first kappa shape index (κ1) is 48.1. The van der Waals surface area contributed by atoms with Crippen LogP contribution in [0.15, 0.2) is 96.6 Å². The van der Waals surface area contributed by atoms with Crippen molar-refractivity contribution in [2.45, 2.75) is 64.7 Å². The van der Waals surface area contributed by atoms with E-state index >= 15 is 0 Å². The highest BCUT2D eigenvalue weighted by Crippen LogP contribution is 2.43. The number of primary amides is 1. The zero-order valence-corrected chi connectivity index (χ0v) is 33.8. The number of anilines is 2. The molecule has 2 aliphatic rings. The van der Waals surface area contributed by atoms with E-state index in [1.807, 2.05) is 12.4 Å². The largest absolute Gasteiger partial charge is 0.496 e. The van der Waals surface area contributed by atoms with Crippen molar-refractivity contribution in [3.8, 4) is 16.9 Å². The van der Waals surface area contributed by atoms with Gasteiger partial charge in [0.2, 0.25) is 6.10 Å². The Hall–Kier alpha value is -6.25. The summed E-state index contributed by atoms with van der Waals surface area (Å²) in [6.07, 6.45) is 3.93. The molecule has 322 valence electrons. The smallest absolute Gasteiger partial charge is 0.419 e. The summed E-state index contributed by atoms with van der Waals surface area (Å²) in [7, 11) is 2.82. The summed E-state index contributed by atoms with van der Waals surface area (Å²) >= 11 is 0. The minimum atomic E-state index is -4.64. The molecule has 2 aliphatic carbocycles. The van der Waals surface area contributed by atoms with E-state index in [1.54, 1.807) is 30.3 Å². The Kier molecular flexibility index (Phi) is 18.3. The summed E-state index contributed by atoms with van der Waals surface area (Å²) in [6.45, 7) is 6.74. The maximum atomic E-state index is 14.6. The van der Waals surface area contributed by atoms with Crippen molar-refractivity contribution in [3.05, 3.63) is 125 Å². The average Bonchev–Trinajstić information content (AvgIpc) is 4.00. The highest BCUT2D eigenvalue weighted by Gasteiger charge is 2.34. The van der Waals surface area contributed by atoms with Crippen LogP contribution >= 0.6 is 0 Å². The molecule has 3 atom stereocenters. The number of amides is 2. The zero-order chi connectivity index (χ0) is 44.6. The quantitative estimate of drug-likeness (QED) is 0.0859. The van der Waals surface area contributed by atoms with Gasteiger partial charge in [-0.3, -0.25) is 10.1 Å². The highest BCUT2D eigenvalue weighted by atomic mass is 19.4. The van der Waals surface area contributed by atoms with Crippen LogP contribution in [0.4, 0.5) is 38.1 Å². The fourth-order valence-electron chi connectivity index (χ4n) is 6.61. The van der Waals surface area contributed by atoms with Gasteiger partial charge in [0, 0.05) is 29.5 Å². The monoisotopic (exact) mass is 839 g/mol. The van der Waals surface area contributed by atoms with Gasteiger partial charge in [-0.15, -0.1) is 0 Å². The zero-order valence-electron chi connectivity index (χ0n) is 33.8. The van der Waals surface area contributed by atoms with E-state index in [-0.39, 0.29) is 33.7 Å². The van der Waals surface area contributed by atoms with Gasteiger partial charge in [-0.2, -0.15) is 13.2 Å². The lowest BCUT2D eigenvalue weighted by Gasteiger charge is -2.16. The number of aliphatic carboxylic acids is 1. The average molecular weight is 840 g/mol. The van der Waals surface area contributed by atoms with Crippen molar-refractivity contribution >= 4 is 36.1 Å². The molecule has 0 bridgehead atoms. The third-order valence-electron chi connectivity index (χ3n) is 9.77. The normalized spacial score (nSPS) is 16.6. The van der Waals surface area contributed by atoms with Crippen LogP contribution in [-0.2, 0) is 20.5 Å². The van der Waals surface area contributed by atoms with Gasteiger partial charge >= 0.3 is 18.2 Å². The van der Waals surface area contributed by atoms with Gasteiger partial charge in [0.25, 0.3) is 5.91 Å². The lowest BCUT2D eigenvalue weighted by Crippen LogP contribution is -2.23. The number of rotatable bonds is 11. The maximum absolute atomic E-state index is 14.6. The van der Waals surface area contributed by atoms with Crippen LogP contribution in [0.1, 0.15) is 80.0 Å². The van der Waals surface area contributed by atoms with Gasteiger partial charge in [0.05, 0.1) is 18.2 Å². The number of nitrogens with two attached hydrogens (primary N) is 1. The van der Waals surface area contributed by atoms with E-state index in [0.29, 0.717) is 5.69 Å². The van der Waals surface area contributed by atoms with Crippen LogP contribution < -0.4 is 21.1 Å². The Bertz CT molecular complexity index is 2090. The van der Waals surface area contributed by atoms with E-state index in [2.05, 4.69) is 30.6 Å². The molecule has 5 N–H and O–H groups in total. The van der Waals surface area contributed by atoms with E-state index in [4.69, 9.17) is 20.0 Å². The highest BCUT2D eigenvalue weighted by molar-refractivity contribution is 5.97. The number of carbonyl (C=O) groups excluding carboxylic acids is 3. The molecule has 0 radical (unpaired) electrons. The van der Waals surface area contributed by atoms with Gasteiger partial charge in [-0.1, -0.05) is 62.2 Å². The number of ether oxygens (including phenoxy) is 2. The molecule has 0 aliphatic heterocycles. The van der Waals surface area contributed by atoms with Crippen LogP contribution in [-0.4, -0.2) is 44.0 Å². The molecule has 0 saturated heterocycles. The Morgan fingerprint density at radius 3 is 2.15 bits per heavy atom. The number of carboxylic acids is 1. The number of hydrogen-bond donors (Lipinski definition) is 4. The van der Waals surface area contributed by atoms with Gasteiger partial charge in [0.15, 0.2) is 0 Å². The van der Waals surface area contributed by atoms with Crippen LogP contribution in [0.5, 0.6) is 5.75 Å². The standard InChI is InChI=1S/C23H19FN2O6.C13H22.C8H7F4N.CH2O/c1-31-19-10-8-13(11-17(19)21(25)27)16-12-14(7-9-18(16)24)20(22(28)29)32-23(30)26-15-5-3-2-4-6-15;1-3-4-12-8-5-10(2)13(12)9-11-6-7-11;1-13-5-2-3-7(9)6(4-5)8(10,11)12;1-2/h2-12,20H,1H3,(H2,25,27)(H,26,30)(H,28,29);9-12H,3-8H2,1-2H3;2-4,13H,1H3;1H2/b;13-9-;;. The molecule has 3 unspecified atom stereocenters. The summed E-state index contributed by atoms with van der Waals surface area (Å²) in [5, 5.41) is 14.5. The number of methoxy groups -OCH3 is 1. The van der Waals surface area contributed by atoms with Gasteiger partial charge in [-0.05, 0) is 110 Å². The fourth-order valence-corrected chi connectivity index (χ4v) is 6.61. The molecular weight excluding hydrogens is 789 g/mol. The molecule has 6 rings (SSSR count). The predicted molar refractivity (Wildman–Crippen MR) is 220 cm³/mol. The minimum absolute atomic E-state index is 0.00836. The molecule has 4 aromatic carbocycles. The SMILES string of the molecule is C=O.CCCC1CCC(C)/C1=C/C1CC1.CNc1ccc(F)c(C(F)(F)F)c1.COc1ccc(-c2cc(C(OC(=O)Nc3ccccc3)C(=O)O)ccc2F)cc1C(N)=O. The lowest BCUT2D eigenvalue weighted by molar-refractivity contribution is -0.147. The molecule has 15 heteroatoms. The number of nitrogens with one attached hydrogen (secondary N) is 2. The van der Waals surface area contributed by atoms with Gasteiger partial charge in [-0.25, -0.2) is 18.4 Å². The Labute approximate surface area is 346 Å². The van der Waals surface area contributed by atoms with E-state index in [1.165, 1.54) is 89.1 Å². The second-order valence-electron chi connectivity index (χ2n) is 14.0. The van der Waals surface area contributed by atoms with E-state index in [0.717, 1.165) is 36.0 Å². The van der Waals surface area contributed by atoms with Crippen LogP contribution in [0.2, 0.25) is 0 Å². The summed E-state index contributed by atoms with van der Waals surface area (Å²) in [4.78, 5) is 43.6. The predicted octanol–water partition coefficient (Wildman–Crippen LogP) is 10.8. The summed E-state index contributed by atoms with van der Waals surface area (Å²) in [5.41, 5.74) is 6.88. The molecule has 10 nitrogen and oxygen atoms in total. The first-order chi connectivity index (χ1) is 28.6. The Morgan fingerprint density at radius 1 is 0.917 bits per heavy atom. The number of benzene rings is 4. The van der Waals surface area contributed by atoms with E-state index < -0.39 is 47.4 Å². The fraction of sp³-hybridized carbons (Fsp3) is 0.333. The van der Waals surface area contributed by atoms with Crippen molar-refractivity contribution in [2.24, 2.45) is 23.5 Å². The molecule has 2 amide bonds. The van der Waals surface area contributed by atoms with Gasteiger partial charge < -0.3 is 30.4 Å². The number of halogens is 5. The minimum Gasteiger partial charge on any atom is -0.496 e. The first-order valence-electron chi connectivity index (χ1n) is 19.1. The lowest BCUT2D eigenvalue weighted by atomic mass is 9.93. The number of carbonyl (C=O) groups is 4. The second-order valence-corrected chi connectivity index (χ2v) is 14.0. The molecule has 2 saturated carbocycles. The van der Waals surface area contributed by atoms with Crippen LogP contribution in [0.25, 0.3) is 11.1 Å². The summed E-state index contributed by atoms with van der Waals surface area (Å²) in [5.74, 6) is -1.10. The Morgan fingerprint density at radius 2 is 1.58 bits per heavy atom. The molecule has 0 spiro atoms. The van der Waals surface area contributed by atoms with E-state index in [9.17, 15) is 41.4 Å². The topological polar surface area (TPSA) is 157 Å². The Balaban J connectivity index is 0.000000280. The third kappa shape index (κ3) is 13.9. The van der Waals surface area contributed by atoms with Crippen LogP contribution in [0, 0.1) is 29.4 Å². The summed E-state index contributed by atoms with van der Waals surface area (Å²) < 4.78 is 73.7. The van der Waals surface area contributed by atoms with Crippen molar-refractivity contribution in [1.82, 2.24) is 0 Å². The molecule has 0 heterocycles. The maximum Gasteiger partial charge on any atom is 0.419 e. The summed E-state index contributed by atoms with van der Waals surface area (Å²) in [6, 6.07) is 18.8. The number of para-hydroxylation sites is 1. The number of alkyl halides is 3. The van der Waals surface area contributed by atoms with Crippen LogP contribution in [0.3, 0.4) is 0 Å². The number of allylic oxidation sites excluding steroid dienone is 2. The number of hydrogen-bond acceptors (Lipinski definition) is 7. The van der Waals surface area contributed by atoms with Crippen molar-refractivity contribution in [3.63, 3.8) is 0 Å².